The molecule has 1 aliphatic heterocycles. The van der Waals surface area contributed by atoms with Crippen LogP contribution in [-0.2, 0) is 16.6 Å². The molecule has 0 saturated carbocycles. The summed E-state index contributed by atoms with van der Waals surface area (Å²) in [6, 6.07) is 16.0. The first-order valence-electron chi connectivity index (χ1n) is 13.9. The van der Waals surface area contributed by atoms with E-state index >= 15 is 0 Å². The van der Waals surface area contributed by atoms with Gasteiger partial charge in [0.25, 0.3) is 0 Å². The molecular formula is C34H48F3N3O2. The maximum atomic E-state index is 14.0. The molecule has 1 atom stereocenters. The van der Waals surface area contributed by atoms with Crippen molar-refractivity contribution in [1.29, 1.82) is 5.41 Å². The maximum Gasteiger partial charge on any atom is 0.212 e. The van der Waals surface area contributed by atoms with Gasteiger partial charge in [0.05, 0.1) is 7.11 Å². The van der Waals surface area contributed by atoms with Crippen LogP contribution in [-0.4, -0.2) is 38.3 Å². The van der Waals surface area contributed by atoms with E-state index in [1.54, 1.807) is 19.1 Å². The summed E-state index contributed by atoms with van der Waals surface area (Å²) in [6.45, 7) is 14.9. The van der Waals surface area contributed by atoms with Gasteiger partial charge in [-0.25, -0.2) is 13.2 Å². The second-order valence-electron chi connectivity index (χ2n) is 8.50. The van der Waals surface area contributed by atoms with Crippen LogP contribution < -0.4 is 10.6 Å². The van der Waals surface area contributed by atoms with E-state index in [9.17, 15) is 18.3 Å². The Kier molecular flexibility index (Phi) is 20.8. The number of phenols is 1. The zero-order valence-corrected chi connectivity index (χ0v) is 26.5. The Labute approximate surface area is 251 Å². The zero-order valence-electron chi connectivity index (χ0n) is 26.5. The number of hydrogen-bond donors (Lipinski definition) is 3. The molecule has 232 valence electrons. The number of methoxy groups -OCH3 is 1. The summed E-state index contributed by atoms with van der Waals surface area (Å²) in [5.74, 6) is -0.391. The number of rotatable bonds is 4. The van der Waals surface area contributed by atoms with Gasteiger partial charge >= 0.3 is 0 Å². The zero-order chi connectivity index (χ0) is 32.9. The van der Waals surface area contributed by atoms with E-state index in [0.717, 1.165) is 29.4 Å². The first-order chi connectivity index (χ1) is 20.1. The molecule has 1 heterocycles. The topological polar surface area (TPSA) is 82.6 Å². The summed E-state index contributed by atoms with van der Waals surface area (Å²) in [5.41, 5.74) is 6.61. The number of nitrogens with zero attached hydrogens (tertiary/aromatic N) is 1. The van der Waals surface area contributed by atoms with Gasteiger partial charge in [-0.2, -0.15) is 0 Å². The molecule has 8 heteroatoms. The largest absolute Gasteiger partial charge is 0.508 e. The molecule has 3 aromatic rings. The van der Waals surface area contributed by atoms with Crippen molar-refractivity contribution in [2.75, 3.05) is 32.1 Å². The van der Waals surface area contributed by atoms with Crippen LogP contribution in [0.4, 0.5) is 18.9 Å². The first-order valence-corrected chi connectivity index (χ1v) is 13.9. The van der Waals surface area contributed by atoms with Crippen LogP contribution in [0.15, 0.2) is 60.7 Å². The van der Waals surface area contributed by atoms with Crippen molar-refractivity contribution in [2.45, 2.75) is 60.3 Å². The van der Waals surface area contributed by atoms with E-state index in [1.165, 1.54) is 14.2 Å². The van der Waals surface area contributed by atoms with E-state index in [4.69, 9.17) is 10.1 Å². The number of fused-ring (bicyclic) bond motifs is 1. The smallest absolute Gasteiger partial charge is 0.212 e. The monoisotopic (exact) mass is 587 g/mol. The number of halogens is 3. The van der Waals surface area contributed by atoms with E-state index in [2.05, 4.69) is 23.0 Å². The first kappa shape index (κ1) is 40.2. The number of nitrogens with two attached hydrogens (primary N) is 1. The molecule has 0 aliphatic carbocycles. The Balaban J connectivity index is 0. The van der Waals surface area contributed by atoms with Gasteiger partial charge in [-0.15, -0.1) is 12.3 Å². The number of likely N-dealkylation sites (N-methyl/N-ethyl adjacent to an activating group) is 1. The Morgan fingerprint density at radius 3 is 2.10 bits per heavy atom. The Morgan fingerprint density at radius 2 is 1.60 bits per heavy atom. The molecule has 4 N–H and O–H groups in total. The van der Waals surface area contributed by atoms with E-state index in [-0.39, 0.29) is 23.6 Å². The average Bonchev–Trinajstić information content (AvgIpc) is 3.30. The number of terminal acetylenes is 1. The predicted molar refractivity (Wildman–Crippen MR) is 171 cm³/mol. The number of aromatic hydroxyl groups is 1. The highest BCUT2D eigenvalue weighted by Crippen LogP contribution is 2.44. The molecule has 1 unspecified atom stereocenters. The quantitative estimate of drug-likeness (QED) is 0.125. The normalized spacial score (nSPS) is 13.7. The second-order valence-corrected chi connectivity index (χ2v) is 8.50. The van der Waals surface area contributed by atoms with Crippen molar-refractivity contribution in [3.8, 4) is 18.1 Å². The molecule has 0 amide bonds. The third-order valence-corrected chi connectivity index (χ3v) is 5.78. The van der Waals surface area contributed by atoms with Crippen molar-refractivity contribution in [1.82, 2.24) is 0 Å². The van der Waals surface area contributed by atoms with Crippen LogP contribution in [0.3, 0.4) is 0 Å². The fraction of sp³-hybridized carbons (Fsp3) is 0.382. The molecule has 4 rings (SSSR count). The van der Waals surface area contributed by atoms with Crippen LogP contribution in [0.25, 0.3) is 0 Å². The van der Waals surface area contributed by atoms with Crippen molar-refractivity contribution in [3.63, 3.8) is 0 Å². The molecule has 0 saturated heterocycles. The van der Waals surface area contributed by atoms with Gasteiger partial charge < -0.3 is 20.5 Å². The third kappa shape index (κ3) is 11.9. The number of anilines is 1. The fourth-order valence-electron chi connectivity index (χ4n) is 4.17. The second kappa shape index (κ2) is 21.7. The van der Waals surface area contributed by atoms with E-state index in [0.29, 0.717) is 12.6 Å². The number of benzene rings is 3. The number of nitrogens with one attached hydrogen (secondary N) is 1. The minimum Gasteiger partial charge on any atom is -0.508 e. The van der Waals surface area contributed by atoms with Crippen molar-refractivity contribution in [3.05, 3.63) is 94.8 Å². The summed E-state index contributed by atoms with van der Waals surface area (Å²) in [7, 11) is 3.00. The molecule has 0 spiro atoms. The molecular weight excluding hydrogens is 539 g/mol. The van der Waals surface area contributed by atoms with Crippen molar-refractivity contribution < 1.29 is 23.0 Å². The van der Waals surface area contributed by atoms with Crippen LogP contribution in [0.1, 0.15) is 65.2 Å². The van der Waals surface area contributed by atoms with Crippen molar-refractivity contribution in [2.24, 2.45) is 5.73 Å². The van der Waals surface area contributed by atoms with Crippen molar-refractivity contribution >= 4 is 11.6 Å². The lowest BCUT2D eigenvalue weighted by atomic mass is 9.78. The van der Waals surface area contributed by atoms with Gasteiger partial charge in [0.2, 0.25) is 5.90 Å². The van der Waals surface area contributed by atoms with Crippen LogP contribution in [0.5, 0.6) is 5.75 Å². The lowest BCUT2D eigenvalue weighted by molar-refractivity contribution is 0.401. The summed E-state index contributed by atoms with van der Waals surface area (Å²) in [4.78, 5) is 2.11. The molecule has 3 aromatic carbocycles. The van der Waals surface area contributed by atoms with Gasteiger partial charge in [0, 0.05) is 35.8 Å². The summed E-state index contributed by atoms with van der Waals surface area (Å²) in [6.07, 6.45) is 4.75. The summed E-state index contributed by atoms with van der Waals surface area (Å²) in [5, 5.41) is 17.0. The van der Waals surface area contributed by atoms with Gasteiger partial charge in [0.1, 0.15) is 11.6 Å². The average molecular weight is 588 g/mol. The van der Waals surface area contributed by atoms with E-state index < -0.39 is 22.9 Å². The Bertz CT molecular complexity index is 1230. The highest BCUT2D eigenvalue weighted by atomic mass is 19.2. The molecule has 42 heavy (non-hydrogen) atoms. The summed E-state index contributed by atoms with van der Waals surface area (Å²) < 4.78 is 45.7. The van der Waals surface area contributed by atoms with Gasteiger partial charge in [0.15, 0.2) is 11.6 Å². The highest BCUT2D eigenvalue weighted by Gasteiger charge is 2.39. The SMILES string of the molecule is C#CC.CC.CC.CCN1CC(C)(Cc2cc(F)cc(F)c2F)c2cc(O)ccc21.CN.COC(=N)c1ccccc1. The number of ether oxygens (including phenoxy) is 1. The lowest BCUT2D eigenvalue weighted by Gasteiger charge is -2.26. The van der Waals surface area contributed by atoms with Gasteiger partial charge in [-0.3, -0.25) is 5.41 Å². The minimum atomic E-state index is -1.18. The predicted octanol–water partition coefficient (Wildman–Crippen LogP) is 8.07. The highest BCUT2D eigenvalue weighted by molar-refractivity contribution is 5.91. The van der Waals surface area contributed by atoms with Crippen LogP contribution in [0, 0.1) is 35.2 Å². The Hall–Kier alpha value is -3.96. The van der Waals surface area contributed by atoms with E-state index in [1.807, 2.05) is 77.9 Å². The Morgan fingerprint density at radius 1 is 1.05 bits per heavy atom. The van der Waals surface area contributed by atoms with Gasteiger partial charge in [-0.05, 0) is 74.8 Å². The standard InChI is InChI=1S/C18H18F3NO.C8H9NO.C3H4.2C2H6.CH5N/c1-3-22-10-18(2,14-8-13(23)4-5-16(14)22)9-11-6-12(19)7-15(20)17(11)21;1-10-8(9)7-5-3-2-4-6-7;1-3-2;3*1-2/h4-8,23H,3,9-10H2,1-2H3;2-6,9H,1H3;1H,2H3;2*1-2H3;2H2,1H3. The molecule has 5 nitrogen and oxygen atoms in total. The number of hydrogen-bond acceptors (Lipinski definition) is 5. The van der Waals surface area contributed by atoms with Gasteiger partial charge in [-0.1, -0.05) is 52.8 Å². The third-order valence-electron chi connectivity index (χ3n) is 5.78. The molecule has 0 radical (unpaired) electrons. The molecule has 0 fully saturated rings. The molecule has 0 aromatic heterocycles. The molecule has 1 aliphatic rings. The van der Waals surface area contributed by atoms with Crippen LogP contribution >= 0.6 is 0 Å². The summed E-state index contributed by atoms with van der Waals surface area (Å²) >= 11 is 0. The fourth-order valence-corrected chi connectivity index (χ4v) is 4.17. The number of phenolic OH excluding ortho intramolecular Hbond substituents is 1. The van der Waals surface area contributed by atoms with Crippen LogP contribution in [0.2, 0.25) is 0 Å². The molecule has 0 bridgehead atoms. The minimum absolute atomic E-state index is 0.0113. The lowest BCUT2D eigenvalue weighted by Crippen LogP contribution is -2.33. The maximum absolute atomic E-state index is 14.0.